The van der Waals surface area contributed by atoms with E-state index in [1.54, 1.807) is 30.3 Å². The number of nitrogens with zero attached hydrogens (tertiary/aromatic N) is 3. The molecule has 102 valence electrons. The van der Waals surface area contributed by atoms with Gasteiger partial charge in [-0.2, -0.15) is 0 Å². The molecule has 0 radical (unpaired) electrons. The first kappa shape index (κ1) is 13.8. The van der Waals surface area contributed by atoms with Crippen molar-refractivity contribution in [2.24, 2.45) is 0 Å². The molecule has 0 heterocycles. The SMILES string of the molecule is O=[N+]([O-])c1cc(N(Cl)c2ccccc2)cc([N+](=O)[O-])c1. The van der Waals surface area contributed by atoms with Crippen LogP contribution in [0.5, 0.6) is 0 Å². The van der Waals surface area contributed by atoms with E-state index in [0.29, 0.717) is 5.69 Å². The van der Waals surface area contributed by atoms with Crippen molar-refractivity contribution in [1.82, 2.24) is 0 Å². The Balaban J connectivity index is 2.50. The first-order valence-corrected chi connectivity index (χ1v) is 5.77. The van der Waals surface area contributed by atoms with Crippen molar-refractivity contribution in [2.75, 3.05) is 4.42 Å². The molecule has 0 aromatic heterocycles. The lowest BCUT2D eigenvalue weighted by Crippen LogP contribution is -2.03. The van der Waals surface area contributed by atoms with E-state index in [2.05, 4.69) is 0 Å². The summed E-state index contributed by atoms with van der Waals surface area (Å²) in [7, 11) is 0. The van der Waals surface area contributed by atoms with Crippen molar-refractivity contribution in [3.05, 3.63) is 68.8 Å². The minimum atomic E-state index is -0.702. The maximum atomic E-state index is 10.8. The fraction of sp³-hybridized carbons (Fsp3) is 0. The van der Waals surface area contributed by atoms with Gasteiger partial charge in [0.1, 0.15) is 0 Å². The molecule has 0 aliphatic carbocycles. The van der Waals surface area contributed by atoms with Crippen LogP contribution in [0.1, 0.15) is 0 Å². The van der Waals surface area contributed by atoms with Crippen molar-refractivity contribution < 1.29 is 9.85 Å². The molecule has 0 aliphatic heterocycles. The van der Waals surface area contributed by atoms with Gasteiger partial charge in [0.05, 0.1) is 27.3 Å². The summed E-state index contributed by atoms with van der Waals surface area (Å²) in [5, 5.41) is 21.6. The second kappa shape index (κ2) is 5.54. The van der Waals surface area contributed by atoms with Crippen LogP contribution in [-0.4, -0.2) is 9.85 Å². The highest BCUT2D eigenvalue weighted by atomic mass is 35.5. The van der Waals surface area contributed by atoms with E-state index in [1.807, 2.05) is 0 Å². The molecule has 8 heteroatoms. The number of nitro benzene ring substituents is 2. The fourth-order valence-corrected chi connectivity index (χ4v) is 1.82. The van der Waals surface area contributed by atoms with Gasteiger partial charge in [-0.3, -0.25) is 24.6 Å². The molecule has 2 aromatic rings. The van der Waals surface area contributed by atoms with E-state index in [0.717, 1.165) is 10.5 Å². The van der Waals surface area contributed by atoms with Gasteiger partial charge in [0.25, 0.3) is 11.4 Å². The number of para-hydroxylation sites is 1. The molecule has 2 rings (SSSR count). The van der Waals surface area contributed by atoms with E-state index in [9.17, 15) is 20.2 Å². The summed E-state index contributed by atoms with van der Waals surface area (Å²) in [6.07, 6.45) is 0. The number of anilines is 2. The summed E-state index contributed by atoms with van der Waals surface area (Å²) in [6, 6.07) is 11.8. The molecule has 20 heavy (non-hydrogen) atoms. The lowest BCUT2D eigenvalue weighted by Gasteiger charge is -2.15. The Kier molecular flexibility index (Phi) is 3.81. The van der Waals surface area contributed by atoms with Gasteiger partial charge in [-0.15, -0.1) is 0 Å². The number of nitro groups is 2. The van der Waals surface area contributed by atoms with Crippen LogP contribution < -0.4 is 4.42 Å². The summed E-state index contributed by atoms with van der Waals surface area (Å²) in [6.45, 7) is 0. The fourth-order valence-electron chi connectivity index (χ4n) is 1.61. The van der Waals surface area contributed by atoms with Gasteiger partial charge in [-0.25, -0.2) is 0 Å². The van der Waals surface area contributed by atoms with E-state index >= 15 is 0 Å². The minimum absolute atomic E-state index is 0.152. The van der Waals surface area contributed by atoms with Gasteiger partial charge in [-0.05, 0) is 12.1 Å². The predicted molar refractivity (Wildman–Crippen MR) is 74.2 cm³/mol. The topological polar surface area (TPSA) is 89.5 Å². The molecule has 7 nitrogen and oxygen atoms in total. The highest BCUT2D eigenvalue weighted by Crippen LogP contribution is 2.33. The van der Waals surface area contributed by atoms with Gasteiger partial charge in [0, 0.05) is 23.9 Å². The maximum absolute atomic E-state index is 10.8. The van der Waals surface area contributed by atoms with Crippen molar-refractivity contribution in [3.63, 3.8) is 0 Å². The lowest BCUT2D eigenvalue weighted by molar-refractivity contribution is -0.394. The van der Waals surface area contributed by atoms with Crippen molar-refractivity contribution in [3.8, 4) is 0 Å². The zero-order valence-corrected chi connectivity index (χ0v) is 10.7. The quantitative estimate of drug-likeness (QED) is 0.486. The molecule has 0 saturated heterocycles. The molecule has 0 bridgehead atoms. The lowest BCUT2D eigenvalue weighted by atomic mass is 10.2. The first-order chi connectivity index (χ1) is 9.49. The molecule has 0 atom stereocenters. The Labute approximate surface area is 118 Å². The number of benzene rings is 2. The monoisotopic (exact) mass is 293 g/mol. The summed E-state index contributed by atoms with van der Waals surface area (Å²) >= 11 is 6.07. The highest BCUT2D eigenvalue weighted by Gasteiger charge is 2.19. The van der Waals surface area contributed by atoms with Crippen molar-refractivity contribution >= 4 is 34.5 Å². The highest BCUT2D eigenvalue weighted by molar-refractivity contribution is 6.29. The molecule has 2 aromatic carbocycles. The first-order valence-electron chi connectivity index (χ1n) is 5.44. The molecule has 0 spiro atoms. The molecule has 0 aliphatic rings. The molecular weight excluding hydrogens is 286 g/mol. The predicted octanol–water partition coefficient (Wildman–Crippen LogP) is 3.79. The third kappa shape index (κ3) is 2.83. The molecule has 0 saturated carbocycles. The van der Waals surface area contributed by atoms with Crippen molar-refractivity contribution in [1.29, 1.82) is 0 Å². The second-order valence-corrected chi connectivity index (χ2v) is 4.18. The maximum Gasteiger partial charge on any atom is 0.278 e. The van der Waals surface area contributed by atoms with Crippen molar-refractivity contribution in [2.45, 2.75) is 0 Å². The van der Waals surface area contributed by atoms with Gasteiger partial charge in [0.15, 0.2) is 0 Å². The normalized spacial score (nSPS) is 10.1. The zero-order valence-electron chi connectivity index (χ0n) is 9.97. The van der Waals surface area contributed by atoms with Crippen LogP contribution in [0, 0.1) is 20.2 Å². The Morgan fingerprint density at radius 2 is 1.35 bits per heavy atom. The van der Waals surface area contributed by atoms with E-state index in [4.69, 9.17) is 11.8 Å². The van der Waals surface area contributed by atoms with Gasteiger partial charge in [0.2, 0.25) is 0 Å². The third-order valence-corrected chi connectivity index (χ3v) is 2.91. The molecule has 0 fully saturated rings. The largest absolute Gasteiger partial charge is 0.278 e. The third-order valence-electron chi connectivity index (χ3n) is 2.52. The van der Waals surface area contributed by atoms with Gasteiger partial charge >= 0.3 is 0 Å². The number of non-ortho nitro benzene ring substituents is 2. The van der Waals surface area contributed by atoms with Gasteiger partial charge < -0.3 is 0 Å². The Bertz CT molecular complexity index is 631. The Hall–Kier alpha value is -2.67. The summed E-state index contributed by atoms with van der Waals surface area (Å²) < 4.78 is 1.12. The van der Waals surface area contributed by atoms with Crippen LogP contribution >= 0.6 is 11.8 Å². The van der Waals surface area contributed by atoms with Crippen LogP contribution in [0.3, 0.4) is 0 Å². The number of hydrogen-bond acceptors (Lipinski definition) is 5. The number of hydrogen-bond donors (Lipinski definition) is 0. The smallest absolute Gasteiger partial charge is 0.258 e. The van der Waals surface area contributed by atoms with Gasteiger partial charge in [-0.1, -0.05) is 18.2 Å². The Morgan fingerprint density at radius 1 is 0.850 bits per heavy atom. The average molecular weight is 294 g/mol. The van der Waals surface area contributed by atoms with Crippen LogP contribution in [-0.2, 0) is 0 Å². The molecule has 0 unspecified atom stereocenters. The van der Waals surface area contributed by atoms with Crippen LogP contribution in [0.15, 0.2) is 48.5 Å². The molecular formula is C12H8ClN3O4. The summed E-state index contributed by atoms with van der Waals surface area (Å²) in [4.78, 5) is 20.2. The summed E-state index contributed by atoms with van der Waals surface area (Å²) in [5.74, 6) is 0. The molecule has 0 N–H and O–H groups in total. The standard InChI is InChI=1S/C12H8ClN3O4/c13-14(9-4-2-1-3-5-9)10-6-11(15(17)18)8-12(7-10)16(19)20/h1-8H. The zero-order chi connectivity index (χ0) is 14.7. The van der Waals surface area contributed by atoms with Crippen LogP contribution in [0.2, 0.25) is 0 Å². The number of halogens is 1. The Morgan fingerprint density at radius 3 is 1.80 bits per heavy atom. The molecule has 0 amide bonds. The average Bonchev–Trinajstić information content (AvgIpc) is 2.46. The van der Waals surface area contributed by atoms with E-state index < -0.39 is 21.2 Å². The van der Waals surface area contributed by atoms with E-state index in [1.165, 1.54) is 12.1 Å². The summed E-state index contributed by atoms with van der Waals surface area (Å²) in [5.41, 5.74) is -0.0886. The second-order valence-electron chi connectivity index (χ2n) is 3.84. The number of rotatable bonds is 4. The van der Waals surface area contributed by atoms with Crippen LogP contribution in [0.25, 0.3) is 0 Å². The van der Waals surface area contributed by atoms with Crippen LogP contribution in [0.4, 0.5) is 22.7 Å². The van der Waals surface area contributed by atoms with E-state index in [-0.39, 0.29) is 5.69 Å². The minimum Gasteiger partial charge on any atom is -0.258 e.